The quantitative estimate of drug-likeness (QED) is 0.763. The maximum atomic E-state index is 12.3. The van der Waals surface area contributed by atoms with Gasteiger partial charge in [0.25, 0.3) is 0 Å². The zero-order chi connectivity index (χ0) is 17.4. The molecule has 1 fully saturated rings. The zero-order valence-corrected chi connectivity index (χ0v) is 14.8. The minimum atomic E-state index is -0.0542. The number of anilines is 1. The van der Waals surface area contributed by atoms with Gasteiger partial charge in [-0.05, 0) is 37.8 Å². The van der Waals surface area contributed by atoms with Crippen molar-refractivity contribution in [1.29, 1.82) is 0 Å². The molecule has 0 bridgehead atoms. The van der Waals surface area contributed by atoms with Crippen molar-refractivity contribution < 1.29 is 19.0 Å². The molecule has 1 aliphatic rings. The van der Waals surface area contributed by atoms with Gasteiger partial charge in [0.2, 0.25) is 5.91 Å². The molecule has 1 heterocycles. The summed E-state index contributed by atoms with van der Waals surface area (Å²) in [6.07, 6.45) is 2.71. The summed E-state index contributed by atoms with van der Waals surface area (Å²) in [6, 6.07) is 5.43. The Balaban J connectivity index is 1.81. The highest BCUT2D eigenvalue weighted by Crippen LogP contribution is 2.29. The maximum absolute atomic E-state index is 12.3. The summed E-state index contributed by atoms with van der Waals surface area (Å²) < 4.78 is 15.9. The molecule has 1 saturated heterocycles. The molecule has 1 aromatic rings. The zero-order valence-electron chi connectivity index (χ0n) is 14.8. The first-order chi connectivity index (χ1) is 11.6. The monoisotopic (exact) mass is 336 g/mol. The van der Waals surface area contributed by atoms with Crippen LogP contribution in [0, 0.1) is 5.92 Å². The van der Waals surface area contributed by atoms with Crippen LogP contribution in [0.25, 0.3) is 0 Å². The van der Waals surface area contributed by atoms with Crippen molar-refractivity contribution in [3.63, 3.8) is 0 Å². The van der Waals surface area contributed by atoms with Crippen LogP contribution in [0.15, 0.2) is 18.2 Å². The number of methoxy groups -OCH3 is 2. The van der Waals surface area contributed by atoms with Crippen LogP contribution in [0.5, 0.6) is 11.5 Å². The minimum absolute atomic E-state index is 0.0542. The highest BCUT2D eigenvalue weighted by molar-refractivity contribution is 5.92. The normalized spacial score (nSPS) is 18.7. The molecule has 0 aliphatic carbocycles. The third-order valence-corrected chi connectivity index (χ3v) is 4.18. The van der Waals surface area contributed by atoms with Crippen LogP contribution < -0.4 is 20.1 Å². The summed E-state index contributed by atoms with van der Waals surface area (Å²) in [6.45, 7) is 4.59. The van der Waals surface area contributed by atoms with Crippen LogP contribution in [0.1, 0.15) is 26.2 Å². The van der Waals surface area contributed by atoms with Gasteiger partial charge in [-0.1, -0.05) is 0 Å². The molecule has 6 heteroatoms. The van der Waals surface area contributed by atoms with Crippen LogP contribution in [0.2, 0.25) is 0 Å². The fourth-order valence-corrected chi connectivity index (χ4v) is 2.80. The number of nitrogens with one attached hydrogen (secondary N) is 2. The molecular weight excluding hydrogens is 308 g/mol. The van der Waals surface area contributed by atoms with E-state index in [1.165, 1.54) is 6.42 Å². The van der Waals surface area contributed by atoms with Crippen molar-refractivity contribution in [2.24, 2.45) is 5.92 Å². The van der Waals surface area contributed by atoms with Crippen LogP contribution in [-0.2, 0) is 9.53 Å². The number of rotatable bonds is 8. The minimum Gasteiger partial charge on any atom is -0.497 e. The lowest BCUT2D eigenvalue weighted by atomic mass is 10.0. The fraction of sp³-hybridized carbons (Fsp3) is 0.611. The topological polar surface area (TPSA) is 68.8 Å². The number of ether oxygens (including phenoxy) is 3. The Bertz CT molecular complexity index is 530. The number of benzene rings is 1. The van der Waals surface area contributed by atoms with E-state index in [-0.39, 0.29) is 11.9 Å². The van der Waals surface area contributed by atoms with Gasteiger partial charge in [0.05, 0.1) is 26.5 Å². The number of hydrogen-bond donors (Lipinski definition) is 2. The van der Waals surface area contributed by atoms with Crippen LogP contribution in [-0.4, -0.2) is 45.9 Å². The fourth-order valence-electron chi connectivity index (χ4n) is 2.80. The summed E-state index contributed by atoms with van der Waals surface area (Å²) in [5, 5.41) is 6.32. The Kier molecular flexibility index (Phi) is 7.34. The Morgan fingerprint density at radius 2 is 2.21 bits per heavy atom. The maximum Gasteiger partial charge on any atom is 0.226 e. The Hall–Kier alpha value is -1.79. The van der Waals surface area contributed by atoms with Crippen molar-refractivity contribution in [2.45, 2.75) is 32.2 Å². The molecule has 1 aliphatic heterocycles. The van der Waals surface area contributed by atoms with Crippen molar-refractivity contribution in [3.8, 4) is 11.5 Å². The summed E-state index contributed by atoms with van der Waals surface area (Å²) >= 11 is 0. The molecule has 2 unspecified atom stereocenters. The standard InChI is InChI=1S/C18H28N2O4/c1-13(19-11-14-5-4-8-24-12-14)9-18(21)20-16-10-15(22-2)6-7-17(16)23-3/h6-7,10,13-14,19H,4-5,8-9,11-12H2,1-3H3,(H,20,21). The molecule has 2 atom stereocenters. The van der Waals surface area contributed by atoms with Gasteiger partial charge in [-0.25, -0.2) is 0 Å². The predicted molar refractivity (Wildman–Crippen MR) is 93.8 cm³/mol. The second-order valence-electron chi connectivity index (χ2n) is 6.21. The molecule has 24 heavy (non-hydrogen) atoms. The smallest absolute Gasteiger partial charge is 0.226 e. The number of hydrogen-bond acceptors (Lipinski definition) is 5. The molecule has 2 rings (SSSR count). The van der Waals surface area contributed by atoms with Gasteiger partial charge in [0.15, 0.2) is 0 Å². The van der Waals surface area contributed by atoms with Crippen molar-refractivity contribution >= 4 is 11.6 Å². The lowest BCUT2D eigenvalue weighted by Gasteiger charge is -2.24. The molecule has 0 radical (unpaired) electrons. The van der Waals surface area contributed by atoms with Crippen molar-refractivity contribution in [2.75, 3.05) is 39.3 Å². The van der Waals surface area contributed by atoms with E-state index in [1.54, 1.807) is 32.4 Å². The van der Waals surface area contributed by atoms with Gasteiger partial charge in [-0.3, -0.25) is 4.79 Å². The first-order valence-electron chi connectivity index (χ1n) is 8.45. The molecule has 0 saturated carbocycles. The van der Waals surface area contributed by atoms with Crippen LogP contribution >= 0.6 is 0 Å². The van der Waals surface area contributed by atoms with Gasteiger partial charge in [-0.2, -0.15) is 0 Å². The van der Waals surface area contributed by atoms with E-state index in [9.17, 15) is 4.79 Å². The Morgan fingerprint density at radius 1 is 1.38 bits per heavy atom. The molecule has 1 aromatic carbocycles. The highest BCUT2D eigenvalue weighted by Gasteiger charge is 2.16. The predicted octanol–water partition coefficient (Wildman–Crippen LogP) is 2.44. The summed E-state index contributed by atoms with van der Waals surface area (Å²) in [5.41, 5.74) is 0.620. The number of carbonyl (C=O) groups excluding carboxylic acids is 1. The van der Waals surface area contributed by atoms with Crippen LogP contribution in [0.4, 0.5) is 5.69 Å². The van der Waals surface area contributed by atoms with E-state index in [0.717, 1.165) is 26.2 Å². The second-order valence-corrected chi connectivity index (χ2v) is 6.21. The van der Waals surface area contributed by atoms with Gasteiger partial charge in [0, 0.05) is 31.7 Å². The van der Waals surface area contributed by atoms with Gasteiger partial charge >= 0.3 is 0 Å². The molecule has 0 spiro atoms. The largest absolute Gasteiger partial charge is 0.497 e. The van der Waals surface area contributed by atoms with E-state index >= 15 is 0 Å². The van der Waals surface area contributed by atoms with E-state index in [1.807, 2.05) is 6.92 Å². The second kappa shape index (κ2) is 9.49. The van der Waals surface area contributed by atoms with E-state index in [2.05, 4.69) is 10.6 Å². The summed E-state index contributed by atoms with van der Waals surface area (Å²) in [7, 11) is 3.17. The Labute approximate surface area is 143 Å². The third kappa shape index (κ3) is 5.69. The van der Waals surface area contributed by atoms with E-state index in [4.69, 9.17) is 14.2 Å². The molecule has 6 nitrogen and oxygen atoms in total. The molecule has 1 amide bonds. The third-order valence-electron chi connectivity index (χ3n) is 4.18. The molecule has 2 N–H and O–H groups in total. The summed E-state index contributed by atoms with van der Waals surface area (Å²) in [4.78, 5) is 12.3. The molecular formula is C18H28N2O4. The van der Waals surface area contributed by atoms with Gasteiger partial charge < -0.3 is 24.8 Å². The van der Waals surface area contributed by atoms with Gasteiger partial charge in [-0.15, -0.1) is 0 Å². The number of carbonyl (C=O) groups is 1. The lowest BCUT2D eigenvalue weighted by Crippen LogP contribution is -2.36. The highest BCUT2D eigenvalue weighted by atomic mass is 16.5. The first-order valence-corrected chi connectivity index (χ1v) is 8.45. The van der Waals surface area contributed by atoms with Crippen molar-refractivity contribution in [1.82, 2.24) is 5.32 Å². The average molecular weight is 336 g/mol. The lowest BCUT2D eigenvalue weighted by molar-refractivity contribution is -0.116. The Morgan fingerprint density at radius 3 is 2.88 bits per heavy atom. The SMILES string of the molecule is COc1ccc(OC)c(NC(=O)CC(C)NCC2CCCOC2)c1. The number of amides is 1. The van der Waals surface area contributed by atoms with Crippen LogP contribution in [0.3, 0.4) is 0 Å². The average Bonchev–Trinajstić information content (AvgIpc) is 2.60. The van der Waals surface area contributed by atoms with E-state index in [0.29, 0.717) is 29.5 Å². The first kappa shape index (κ1) is 18.5. The van der Waals surface area contributed by atoms with Gasteiger partial charge in [0.1, 0.15) is 11.5 Å². The molecule has 134 valence electrons. The summed E-state index contributed by atoms with van der Waals surface area (Å²) in [5.74, 6) is 1.78. The van der Waals surface area contributed by atoms with E-state index < -0.39 is 0 Å². The van der Waals surface area contributed by atoms with Crippen molar-refractivity contribution in [3.05, 3.63) is 18.2 Å². The molecule has 0 aromatic heterocycles.